The molecule has 0 radical (unpaired) electrons. The summed E-state index contributed by atoms with van der Waals surface area (Å²) in [6.07, 6.45) is 3.42. The van der Waals surface area contributed by atoms with Crippen molar-refractivity contribution < 1.29 is 9.53 Å². The fourth-order valence-corrected chi connectivity index (χ4v) is 2.30. The minimum absolute atomic E-state index is 0.191. The van der Waals surface area contributed by atoms with E-state index in [-0.39, 0.29) is 5.91 Å². The monoisotopic (exact) mass is 307 g/mol. The molecule has 0 bridgehead atoms. The summed E-state index contributed by atoms with van der Waals surface area (Å²) in [6.45, 7) is 0. The number of carbonyl (C=O) groups is 1. The van der Waals surface area contributed by atoms with Crippen LogP contribution in [-0.4, -0.2) is 22.6 Å². The lowest BCUT2D eigenvalue weighted by molar-refractivity contribution is 0.102. The van der Waals surface area contributed by atoms with Gasteiger partial charge in [0.15, 0.2) is 0 Å². The molecule has 5 nitrogen and oxygen atoms in total. The summed E-state index contributed by atoms with van der Waals surface area (Å²) < 4.78 is 7.00. The SMILES string of the molecule is COc1cccc(-c2cccc(C(=O)Nc3nccn3C)c2)c1. The van der Waals surface area contributed by atoms with Crippen molar-refractivity contribution in [1.29, 1.82) is 0 Å². The average molecular weight is 307 g/mol. The second-order valence-electron chi connectivity index (χ2n) is 5.13. The van der Waals surface area contributed by atoms with Crippen molar-refractivity contribution >= 4 is 11.9 Å². The lowest BCUT2D eigenvalue weighted by atomic mass is 10.0. The molecule has 5 heteroatoms. The third kappa shape index (κ3) is 3.23. The third-order valence-corrected chi connectivity index (χ3v) is 3.57. The summed E-state index contributed by atoms with van der Waals surface area (Å²) in [5, 5.41) is 2.80. The maximum Gasteiger partial charge on any atom is 0.257 e. The third-order valence-electron chi connectivity index (χ3n) is 3.57. The van der Waals surface area contributed by atoms with Gasteiger partial charge in [0, 0.05) is 25.0 Å². The van der Waals surface area contributed by atoms with Crippen molar-refractivity contribution in [1.82, 2.24) is 9.55 Å². The van der Waals surface area contributed by atoms with E-state index in [0.717, 1.165) is 16.9 Å². The van der Waals surface area contributed by atoms with Crippen LogP contribution in [0.3, 0.4) is 0 Å². The van der Waals surface area contributed by atoms with Crippen LogP contribution in [0, 0.1) is 0 Å². The van der Waals surface area contributed by atoms with Gasteiger partial charge in [-0.05, 0) is 35.4 Å². The number of benzene rings is 2. The molecular weight excluding hydrogens is 290 g/mol. The molecule has 1 amide bonds. The lowest BCUT2D eigenvalue weighted by Gasteiger charge is -2.08. The number of ether oxygens (including phenoxy) is 1. The molecule has 1 heterocycles. The summed E-state index contributed by atoms with van der Waals surface area (Å²) in [5.41, 5.74) is 2.53. The Labute approximate surface area is 134 Å². The van der Waals surface area contributed by atoms with Gasteiger partial charge in [-0.15, -0.1) is 0 Å². The quantitative estimate of drug-likeness (QED) is 0.804. The predicted molar refractivity (Wildman–Crippen MR) is 89.6 cm³/mol. The van der Waals surface area contributed by atoms with Gasteiger partial charge in [-0.25, -0.2) is 4.98 Å². The topological polar surface area (TPSA) is 56.1 Å². The zero-order valence-electron chi connectivity index (χ0n) is 13.0. The Kier molecular flexibility index (Phi) is 4.10. The number of hydrogen-bond donors (Lipinski definition) is 1. The van der Waals surface area contributed by atoms with Gasteiger partial charge < -0.3 is 9.30 Å². The number of rotatable bonds is 4. The van der Waals surface area contributed by atoms with E-state index in [9.17, 15) is 4.79 Å². The molecule has 0 spiro atoms. The Morgan fingerprint density at radius 1 is 1.13 bits per heavy atom. The standard InChI is InChI=1S/C18H17N3O2/c1-21-10-9-19-18(21)20-17(22)15-7-3-5-13(11-15)14-6-4-8-16(12-14)23-2/h3-12H,1-2H3,(H,19,20,22). The summed E-state index contributed by atoms with van der Waals surface area (Å²) in [6, 6.07) is 15.2. The molecule has 1 N–H and O–H groups in total. The number of aromatic nitrogens is 2. The van der Waals surface area contributed by atoms with Crippen molar-refractivity contribution in [2.24, 2.45) is 7.05 Å². The molecule has 3 rings (SSSR count). The van der Waals surface area contributed by atoms with Crippen LogP contribution in [0.25, 0.3) is 11.1 Å². The number of carbonyl (C=O) groups excluding carboxylic acids is 1. The van der Waals surface area contributed by atoms with E-state index < -0.39 is 0 Å². The number of nitrogens with one attached hydrogen (secondary N) is 1. The second kappa shape index (κ2) is 6.36. The molecule has 0 fully saturated rings. The number of amides is 1. The van der Waals surface area contributed by atoms with Crippen molar-refractivity contribution in [2.75, 3.05) is 12.4 Å². The Balaban J connectivity index is 1.87. The highest BCUT2D eigenvalue weighted by Crippen LogP contribution is 2.24. The predicted octanol–water partition coefficient (Wildman–Crippen LogP) is 3.35. The van der Waals surface area contributed by atoms with Gasteiger partial charge in [0.2, 0.25) is 5.95 Å². The lowest BCUT2D eigenvalue weighted by Crippen LogP contribution is -2.14. The first kappa shape index (κ1) is 14.8. The summed E-state index contributed by atoms with van der Waals surface area (Å²) in [4.78, 5) is 16.5. The summed E-state index contributed by atoms with van der Waals surface area (Å²) in [5.74, 6) is 1.11. The van der Waals surface area contributed by atoms with Crippen molar-refractivity contribution in [3.63, 3.8) is 0 Å². The van der Waals surface area contributed by atoms with Crippen LogP contribution >= 0.6 is 0 Å². The Bertz CT molecular complexity index is 840. The maximum absolute atomic E-state index is 12.4. The van der Waals surface area contributed by atoms with Gasteiger partial charge in [0.25, 0.3) is 5.91 Å². The van der Waals surface area contributed by atoms with Crippen LogP contribution in [-0.2, 0) is 7.05 Å². The highest BCUT2D eigenvalue weighted by Gasteiger charge is 2.10. The number of imidazole rings is 1. The molecule has 2 aromatic carbocycles. The van der Waals surface area contributed by atoms with Crippen LogP contribution in [0.1, 0.15) is 10.4 Å². The summed E-state index contributed by atoms with van der Waals surface area (Å²) >= 11 is 0. The van der Waals surface area contributed by atoms with Crippen LogP contribution in [0.4, 0.5) is 5.95 Å². The van der Waals surface area contributed by atoms with Gasteiger partial charge >= 0.3 is 0 Å². The van der Waals surface area contributed by atoms with Crippen molar-refractivity contribution in [3.05, 3.63) is 66.5 Å². The number of aryl methyl sites for hydroxylation is 1. The van der Waals surface area contributed by atoms with E-state index in [1.54, 1.807) is 30.1 Å². The largest absolute Gasteiger partial charge is 0.497 e. The normalized spacial score (nSPS) is 10.3. The van der Waals surface area contributed by atoms with Gasteiger partial charge in [-0.3, -0.25) is 10.1 Å². The van der Waals surface area contributed by atoms with Crippen LogP contribution in [0.5, 0.6) is 5.75 Å². The van der Waals surface area contributed by atoms with E-state index >= 15 is 0 Å². The van der Waals surface area contributed by atoms with E-state index in [4.69, 9.17) is 4.74 Å². The number of hydrogen-bond acceptors (Lipinski definition) is 3. The molecule has 0 saturated heterocycles. The minimum Gasteiger partial charge on any atom is -0.497 e. The number of nitrogens with zero attached hydrogens (tertiary/aromatic N) is 2. The van der Waals surface area contributed by atoms with Gasteiger partial charge in [-0.1, -0.05) is 24.3 Å². The highest BCUT2D eigenvalue weighted by atomic mass is 16.5. The zero-order chi connectivity index (χ0) is 16.2. The number of anilines is 1. The molecule has 0 atom stereocenters. The molecule has 23 heavy (non-hydrogen) atoms. The van der Waals surface area contributed by atoms with Gasteiger partial charge in [0.05, 0.1) is 7.11 Å². The molecule has 116 valence electrons. The molecule has 0 aliphatic heterocycles. The smallest absolute Gasteiger partial charge is 0.257 e. The van der Waals surface area contributed by atoms with E-state index in [1.165, 1.54) is 0 Å². The van der Waals surface area contributed by atoms with E-state index in [0.29, 0.717) is 11.5 Å². The zero-order valence-corrected chi connectivity index (χ0v) is 13.0. The minimum atomic E-state index is -0.191. The average Bonchev–Trinajstić information content (AvgIpc) is 3.00. The fraction of sp³-hybridized carbons (Fsp3) is 0.111. The Hall–Kier alpha value is -3.08. The Morgan fingerprint density at radius 3 is 2.57 bits per heavy atom. The summed E-state index contributed by atoms with van der Waals surface area (Å²) in [7, 11) is 3.46. The Morgan fingerprint density at radius 2 is 1.87 bits per heavy atom. The molecule has 0 unspecified atom stereocenters. The molecule has 1 aromatic heterocycles. The van der Waals surface area contributed by atoms with E-state index in [1.807, 2.05) is 49.5 Å². The van der Waals surface area contributed by atoms with Gasteiger partial charge in [-0.2, -0.15) is 0 Å². The maximum atomic E-state index is 12.4. The fourth-order valence-electron chi connectivity index (χ4n) is 2.30. The van der Waals surface area contributed by atoms with Gasteiger partial charge in [0.1, 0.15) is 5.75 Å². The number of methoxy groups -OCH3 is 1. The first-order valence-electron chi connectivity index (χ1n) is 7.20. The molecular formula is C18H17N3O2. The van der Waals surface area contributed by atoms with Crippen LogP contribution in [0.15, 0.2) is 60.9 Å². The molecule has 3 aromatic rings. The molecule has 0 aliphatic rings. The van der Waals surface area contributed by atoms with Crippen molar-refractivity contribution in [2.45, 2.75) is 0 Å². The molecule has 0 saturated carbocycles. The van der Waals surface area contributed by atoms with E-state index in [2.05, 4.69) is 10.3 Å². The van der Waals surface area contributed by atoms with Crippen molar-refractivity contribution in [3.8, 4) is 16.9 Å². The molecule has 0 aliphatic carbocycles. The van der Waals surface area contributed by atoms with Crippen LogP contribution in [0.2, 0.25) is 0 Å². The second-order valence-corrected chi connectivity index (χ2v) is 5.13. The first-order chi connectivity index (χ1) is 11.2. The van der Waals surface area contributed by atoms with Crippen LogP contribution < -0.4 is 10.1 Å². The highest BCUT2D eigenvalue weighted by molar-refractivity contribution is 6.04. The first-order valence-corrected chi connectivity index (χ1v) is 7.20.